The Bertz CT molecular complexity index is 483. The van der Waals surface area contributed by atoms with Gasteiger partial charge in [-0.05, 0) is 38.5 Å². The summed E-state index contributed by atoms with van der Waals surface area (Å²) in [5.74, 6) is 1.07. The minimum Gasteiger partial charge on any atom is -0.396 e. The molecule has 0 radical (unpaired) electrons. The Balaban J connectivity index is 0.00000264. The van der Waals surface area contributed by atoms with Crippen LogP contribution in [0.4, 0.5) is 0 Å². The van der Waals surface area contributed by atoms with Gasteiger partial charge in [-0.15, -0.1) is 35.3 Å². The lowest BCUT2D eigenvalue weighted by Crippen LogP contribution is -2.38. The Labute approximate surface area is 160 Å². The summed E-state index contributed by atoms with van der Waals surface area (Å²) in [4.78, 5) is 13.0. The summed E-state index contributed by atoms with van der Waals surface area (Å²) in [5.41, 5.74) is 1.32. The fourth-order valence-corrected chi connectivity index (χ4v) is 3.73. The van der Waals surface area contributed by atoms with E-state index in [0.29, 0.717) is 6.54 Å². The third-order valence-electron chi connectivity index (χ3n) is 3.82. The van der Waals surface area contributed by atoms with Crippen LogP contribution in [0.15, 0.2) is 4.99 Å². The van der Waals surface area contributed by atoms with Gasteiger partial charge in [0.15, 0.2) is 5.96 Å². The van der Waals surface area contributed by atoms with Crippen LogP contribution in [0.25, 0.3) is 0 Å². The lowest BCUT2D eigenvalue weighted by molar-refractivity contribution is 0.241. The first-order valence-electron chi connectivity index (χ1n) is 8.21. The maximum atomic E-state index is 9.13. The second kappa shape index (κ2) is 10.5. The zero-order valence-electron chi connectivity index (χ0n) is 14.3. The van der Waals surface area contributed by atoms with Gasteiger partial charge in [-0.3, -0.25) is 4.99 Å². The minimum atomic E-state index is 0. The predicted octanol–water partition coefficient (Wildman–Crippen LogP) is 2.67. The maximum absolute atomic E-state index is 9.13. The van der Waals surface area contributed by atoms with Crippen LogP contribution >= 0.6 is 35.3 Å². The van der Waals surface area contributed by atoms with Crippen LogP contribution in [0.1, 0.15) is 42.3 Å². The van der Waals surface area contributed by atoms with Gasteiger partial charge in [-0.2, -0.15) is 0 Å². The molecule has 0 saturated heterocycles. The van der Waals surface area contributed by atoms with E-state index in [1.165, 1.54) is 34.8 Å². The van der Waals surface area contributed by atoms with E-state index in [-0.39, 0.29) is 36.5 Å². The van der Waals surface area contributed by atoms with Crippen LogP contribution in [0.5, 0.6) is 0 Å². The highest BCUT2D eigenvalue weighted by atomic mass is 127. The Kier molecular flexibility index (Phi) is 9.38. The quantitative estimate of drug-likeness (QED) is 0.396. The van der Waals surface area contributed by atoms with Crippen molar-refractivity contribution in [1.82, 2.24) is 15.2 Å². The molecule has 2 rings (SSSR count). The Morgan fingerprint density at radius 1 is 1.43 bits per heavy atom. The van der Waals surface area contributed by atoms with E-state index in [4.69, 9.17) is 10.1 Å². The molecule has 1 aromatic heterocycles. The molecule has 1 unspecified atom stereocenters. The summed E-state index contributed by atoms with van der Waals surface area (Å²) in [6.07, 6.45) is 4.90. The van der Waals surface area contributed by atoms with E-state index in [0.717, 1.165) is 25.5 Å². The highest BCUT2D eigenvalue weighted by Crippen LogP contribution is 2.27. The van der Waals surface area contributed by atoms with Crippen molar-refractivity contribution < 1.29 is 5.11 Å². The van der Waals surface area contributed by atoms with E-state index in [1.54, 1.807) is 0 Å². The number of aromatic nitrogens is 1. The van der Waals surface area contributed by atoms with Crippen molar-refractivity contribution in [2.75, 3.05) is 26.7 Å². The normalized spacial score (nSPS) is 15.6. The van der Waals surface area contributed by atoms with Crippen LogP contribution in [0.2, 0.25) is 0 Å². The first kappa shape index (κ1) is 20.6. The lowest BCUT2D eigenvalue weighted by Gasteiger charge is -2.21. The molecule has 1 heterocycles. The third kappa shape index (κ3) is 6.19. The standard InChI is InChI=1S/C16H28N4OS.HI/c1-4-17-16(18-9-12(2)11-21)20(3)10-15-19-13-7-5-6-8-14(13)22-15;/h12,21H,4-11H2,1-3H3,(H,17,18);1H. The molecule has 0 aromatic carbocycles. The molecule has 0 amide bonds. The number of halogens is 1. The number of guanidine groups is 1. The van der Waals surface area contributed by atoms with Gasteiger partial charge in [-0.1, -0.05) is 6.92 Å². The molecule has 1 atom stereocenters. The molecule has 2 N–H and O–H groups in total. The fraction of sp³-hybridized carbons (Fsp3) is 0.750. The number of rotatable bonds is 6. The number of nitrogens with one attached hydrogen (secondary N) is 1. The van der Waals surface area contributed by atoms with Crippen molar-refractivity contribution >= 4 is 41.3 Å². The van der Waals surface area contributed by atoms with Gasteiger partial charge in [0.2, 0.25) is 0 Å². The number of thiazole rings is 1. The summed E-state index contributed by atoms with van der Waals surface area (Å²) >= 11 is 1.85. The van der Waals surface area contributed by atoms with Crippen LogP contribution < -0.4 is 5.32 Å². The van der Waals surface area contributed by atoms with E-state index < -0.39 is 0 Å². The van der Waals surface area contributed by atoms with Gasteiger partial charge in [0.25, 0.3) is 0 Å². The molecule has 0 spiro atoms. The molecule has 1 aliphatic carbocycles. The SMILES string of the molecule is CCNC(=NCC(C)CO)N(C)Cc1nc2c(s1)CCCC2.I. The molecule has 132 valence electrons. The highest BCUT2D eigenvalue weighted by molar-refractivity contribution is 14.0. The van der Waals surface area contributed by atoms with Gasteiger partial charge in [0.1, 0.15) is 5.01 Å². The monoisotopic (exact) mass is 452 g/mol. The zero-order chi connectivity index (χ0) is 15.9. The van der Waals surface area contributed by atoms with Crippen molar-refractivity contribution in [3.05, 3.63) is 15.6 Å². The molecule has 23 heavy (non-hydrogen) atoms. The Morgan fingerprint density at radius 3 is 2.83 bits per heavy atom. The summed E-state index contributed by atoms with van der Waals surface area (Å²) in [7, 11) is 2.05. The second-order valence-corrected chi connectivity index (χ2v) is 7.19. The van der Waals surface area contributed by atoms with Crippen LogP contribution in [0.3, 0.4) is 0 Å². The van der Waals surface area contributed by atoms with Gasteiger partial charge in [-0.25, -0.2) is 4.98 Å². The smallest absolute Gasteiger partial charge is 0.194 e. The molecule has 1 aliphatic rings. The summed E-state index contributed by atoms with van der Waals surface area (Å²) in [5, 5.41) is 13.6. The van der Waals surface area contributed by atoms with E-state index in [2.05, 4.69) is 22.1 Å². The molecule has 0 aliphatic heterocycles. The minimum absolute atomic E-state index is 0. The van der Waals surface area contributed by atoms with Crippen LogP contribution in [-0.2, 0) is 19.4 Å². The van der Waals surface area contributed by atoms with E-state index in [9.17, 15) is 0 Å². The highest BCUT2D eigenvalue weighted by Gasteiger charge is 2.17. The molecule has 5 nitrogen and oxygen atoms in total. The first-order chi connectivity index (χ1) is 10.6. The van der Waals surface area contributed by atoms with Crippen LogP contribution in [-0.4, -0.2) is 47.7 Å². The molecule has 0 saturated carbocycles. The number of hydrogen-bond donors (Lipinski definition) is 2. The van der Waals surface area contributed by atoms with Crippen molar-refractivity contribution in [3.63, 3.8) is 0 Å². The number of aliphatic imine (C=N–C) groups is 1. The first-order valence-corrected chi connectivity index (χ1v) is 9.03. The zero-order valence-corrected chi connectivity index (χ0v) is 17.5. The number of nitrogens with zero attached hydrogens (tertiary/aromatic N) is 3. The molecule has 0 fully saturated rings. The number of aliphatic hydroxyl groups excluding tert-OH is 1. The number of aryl methyl sites for hydroxylation is 2. The molecule has 1 aromatic rings. The van der Waals surface area contributed by atoms with Crippen LogP contribution in [0, 0.1) is 5.92 Å². The van der Waals surface area contributed by atoms with E-state index in [1.807, 2.05) is 25.3 Å². The molecular weight excluding hydrogens is 423 g/mol. The van der Waals surface area contributed by atoms with Gasteiger partial charge < -0.3 is 15.3 Å². The summed E-state index contributed by atoms with van der Waals surface area (Å²) in [6.45, 7) is 6.51. The maximum Gasteiger partial charge on any atom is 0.194 e. The van der Waals surface area contributed by atoms with Crippen molar-refractivity contribution in [3.8, 4) is 0 Å². The Hall–Kier alpha value is -0.410. The Morgan fingerprint density at radius 2 is 2.17 bits per heavy atom. The summed E-state index contributed by atoms with van der Waals surface area (Å²) in [6, 6.07) is 0. The molecular formula is C16H29IN4OS. The van der Waals surface area contributed by atoms with Crippen molar-refractivity contribution in [2.24, 2.45) is 10.9 Å². The van der Waals surface area contributed by atoms with Crippen molar-refractivity contribution in [2.45, 2.75) is 46.1 Å². The second-order valence-electron chi connectivity index (χ2n) is 6.02. The molecule has 0 bridgehead atoms. The number of fused-ring (bicyclic) bond motifs is 1. The van der Waals surface area contributed by atoms with Crippen molar-refractivity contribution in [1.29, 1.82) is 0 Å². The summed E-state index contributed by atoms with van der Waals surface area (Å²) < 4.78 is 0. The average molecular weight is 452 g/mol. The van der Waals surface area contributed by atoms with Gasteiger partial charge >= 0.3 is 0 Å². The number of hydrogen-bond acceptors (Lipinski definition) is 4. The molecule has 7 heteroatoms. The third-order valence-corrected chi connectivity index (χ3v) is 4.97. The number of aliphatic hydroxyl groups is 1. The lowest BCUT2D eigenvalue weighted by atomic mass is 10.0. The largest absolute Gasteiger partial charge is 0.396 e. The van der Waals surface area contributed by atoms with Gasteiger partial charge in [0.05, 0.1) is 12.2 Å². The van der Waals surface area contributed by atoms with Gasteiger partial charge in [0, 0.05) is 31.6 Å². The predicted molar refractivity (Wildman–Crippen MR) is 108 cm³/mol. The fourth-order valence-electron chi connectivity index (χ4n) is 2.52. The average Bonchev–Trinajstić information content (AvgIpc) is 2.92. The topological polar surface area (TPSA) is 60.8 Å². The van der Waals surface area contributed by atoms with E-state index >= 15 is 0 Å².